The lowest BCUT2D eigenvalue weighted by molar-refractivity contribution is 0.360. The number of fused-ring (bicyclic) bond motifs is 1. The van der Waals surface area contributed by atoms with E-state index in [1.807, 2.05) is 0 Å². The van der Waals surface area contributed by atoms with Gasteiger partial charge >= 0.3 is 0 Å². The summed E-state index contributed by atoms with van der Waals surface area (Å²) in [5.41, 5.74) is 2.97. The Balaban J connectivity index is 2.24. The SMILES string of the molecule is [CH2]COc1ccc2c(c1)CCCC2. The molecule has 1 heteroatoms. The van der Waals surface area contributed by atoms with Crippen LogP contribution in [0.4, 0.5) is 0 Å². The van der Waals surface area contributed by atoms with E-state index in [9.17, 15) is 0 Å². The number of hydrogen-bond acceptors (Lipinski definition) is 1. The van der Waals surface area contributed by atoms with Gasteiger partial charge in [-0.25, -0.2) is 0 Å². The summed E-state index contributed by atoms with van der Waals surface area (Å²) in [6.45, 7) is 4.18. The Morgan fingerprint density at radius 3 is 2.69 bits per heavy atom. The molecule has 69 valence electrons. The Bertz CT molecular complexity index is 291. The lowest BCUT2D eigenvalue weighted by atomic mass is 9.92. The highest BCUT2D eigenvalue weighted by Crippen LogP contribution is 2.25. The maximum atomic E-state index is 5.36. The molecule has 0 atom stereocenters. The second-order valence-corrected chi connectivity index (χ2v) is 3.49. The number of rotatable bonds is 2. The topological polar surface area (TPSA) is 9.23 Å². The smallest absolute Gasteiger partial charge is 0.119 e. The third kappa shape index (κ3) is 1.85. The minimum absolute atomic E-state index is 0.513. The van der Waals surface area contributed by atoms with Gasteiger partial charge in [0.25, 0.3) is 0 Å². The molecule has 0 spiro atoms. The van der Waals surface area contributed by atoms with Gasteiger partial charge in [0.1, 0.15) is 5.75 Å². The molecule has 0 heterocycles. The van der Waals surface area contributed by atoms with E-state index in [0.717, 1.165) is 5.75 Å². The summed E-state index contributed by atoms with van der Waals surface area (Å²) in [5.74, 6) is 0.968. The van der Waals surface area contributed by atoms with Crippen LogP contribution in [-0.2, 0) is 12.8 Å². The molecule has 1 aliphatic carbocycles. The molecule has 0 amide bonds. The zero-order valence-electron chi connectivity index (χ0n) is 7.88. The van der Waals surface area contributed by atoms with Gasteiger partial charge in [0.05, 0.1) is 6.61 Å². The maximum absolute atomic E-state index is 5.36. The molecule has 13 heavy (non-hydrogen) atoms. The molecule has 1 aliphatic rings. The second-order valence-electron chi connectivity index (χ2n) is 3.49. The molecular weight excluding hydrogens is 160 g/mol. The Morgan fingerprint density at radius 1 is 1.15 bits per heavy atom. The van der Waals surface area contributed by atoms with Gasteiger partial charge in [-0.3, -0.25) is 0 Å². The molecule has 1 nitrogen and oxygen atoms in total. The first kappa shape index (κ1) is 8.61. The van der Waals surface area contributed by atoms with Crippen molar-refractivity contribution < 1.29 is 4.74 Å². The predicted octanol–water partition coefficient (Wildman–Crippen LogP) is 2.78. The van der Waals surface area contributed by atoms with E-state index in [4.69, 9.17) is 4.74 Å². The van der Waals surface area contributed by atoms with Gasteiger partial charge in [-0.05, 0) is 55.9 Å². The summed E-state index contributed by atoms with van der Waals surface area (Å²) in [7, 11) is 0. The van der Waals surface area contributed by atoms with Gasteiger partial charge in [0.15, 0.2) is 0 Å². The Kier molecular flexibility index (Phi) is 2.53. The van der Waals surface area contributed by atoms with E-state index in [1.165, 1.54) is 36.8 Å². The van der Waals surface area contributed by atoms with Crippen molar-refractivity contribution >= 4 is 0 Å². The van der Waals surface area contributed by atoms with Crippen molar-refractivity contribution in [1.82, 2.24) is 0 Å². The normalized spacial score (nSPS) is 15.2. The summed E-state index contributed by atoms with van der Waals surface area (Å²) in [6, 6.07) is 6.41. The fourth-order valence-electron chi connectivity index (χ4n) is 1.92. The van der Waals surface area contributed by atoms with E-state index in [0.29, 0.717) is 6.61 Å². The van der Waals surface area contributed by atoms with Gasteiger partial charge in [0.2, 0.25) is 0 Å². The molecule has 2 rings (SSSR count). The summed E-state index contributed by atoms with van der Waals surface area (Å²) in [6.07, 6.45) is 5.10. The Morgan fingerprint density at radius 2 is 1.92 bits per heavy atom. The van der Waals surface area contributed by atoms with Crippen molar-refractivity contribution in [2.75, 3.05) is 6.61 Å². The van der Waals surface area contributed by atoms with E-state index >= 15 is 0 Å². The van der Waals surface area contributed by atoms with Crippen LogP contribution in [0, 0.1) is 6.92 Å². The van der Waals surface area contributed by atoms with Crippen LogP contribution in [0.3, 0.4) is 0 Å². The van der Waals surface area contributed by atoms with Gasteiger partial charge in [-0.1, -0.05) is 6.07 Å². The van der Waals surface area contributed by atoms with Gasteiger partial charge in [-0.2, -0.15) is 0 Å². The van der Waals surface area contributed by atoms with Crippen molar-refractivity contribution in [2.45, 2.75) is 25.7 Å². The van der Waals surface area contributed by atoms with Crippen LogP contribution in [0.25, 0.3) is 0 Å². The first-order valence-corrected chi connectivity index (χ1v) is 4.94. The van der Waals surface area contributed by atoms with Crippen LogP contribution in [0.1, 0.15) is 24.0 Å². The predicted molar refractivity (Wildman–Crippen MR) is 53.9 cm³/mol. The fraction of sp³-hybridized carbons (Fsp3) is 0.417. The number of benzene rings is 1. The lowest BCUT2D eigenvalue weighted by Gasteiger charge is -2.16. The summed E-state index contributed by atoms with van der Waals surface area (Å²) < 4.78 is 5.36. The van der Waals surface area contributed by atoms with E-state index in [1.54, 1.807) is 0 Å². The molecule has 0 saturated carbocycles. The van der Waals surface area contributed by atoms with Crippen molar-refractivity contribution in [3.05, 3.63) is 36.2 Å². The van der Waals surface area contributed by atoms with Gasteiger partial charge in [-0.15, -0.1) is 0 Å². The Hall–Kier alpha value is -0.980. The van der Waals surface area contributed by atoms with E-state index < -0.39 is 0 Å². The molecule has 0 aromatic heterocycles. The molecule has 1 radical (unpaired) electrons. The van der Waals surface area contributed by atoms with Crippen molar-refractivity contribution in [1.29, 1.82) is 0 Å². The molecule has 1 aromatic carbocycles. The first-order chi connectivity index (χ1) is 6.40. The highest BCUT2D eigenvalue weighted by molar-refractivity contribution is 5.37. The molecule has 0 aliphatic heterocycles. The van der Waals surface area contributed by atoms with E-state index in [-0.39, 0.29) is 0 Å². The maximum Gasteiger partial charge on any atom is 0.119 e. The summed E-state index contributed by atoms with van der Waals surface area (Å²) in [5, 5.41) is 0. The van der Waals surface area contributed by atoms with Crippen LogP contribution < -0.4 is 4.74 Å². The fourth-order valence-corrected chi connectivity index (χ4v) is 1.92. The highest BCUT2D eigenvalue weighted by atomic mass is 16.5. The Labute approximate surface area is 79.7 Å². The largest absolute Gasteiger partial charge is 0.494 e. The molecule has 0 N–H and O–H groups in total. The number of hydrogen-bond donors (Lipinski definition) is 0. The lowest BCUT2D eigenvalue weighted by Crippen LogP contribution is -2.03. The third-order valence-corrected chi connectivity index (χ3v) is 2.59. The standard InChI is InChI=1S/C12H15O/c1-2-13-12-8-7-10-5-3-4-6-11(10)9-12/h7-9H,1-6H2. The second kappa shape index (κ2) is 3.82. The average Bonchev–Trinajstić information content (AvgIpc) is 2.18. The van der Waals surface area contributed by atoms with Crippen LogP contribution in [-0.4, -0.2) is 6.61 Å². The van der Waals surface area contributed by atoms with Crippen molar-refractivity contribution in [3.8, 4) is 5.75 Å². The van der Waals surface area contributed by atoms with Gasteiger partial charge < -0.3 is 4.74 Å². The average molecular weight is 175 g/mol. The molecule has 1 aromatic rings. The van der Waals surface area contributed by atoms with Crippen LogP contribution >= 0.6 is 0 Å². The number of ether oxygens (including phenoxy) is 1. The number of aryl methyl sites for hydroxylation is 2. The minimum Gasteiger partial charge on any atom is -0.494 e. The van der Waals surface area contributed by atoms with Gasteiger partial charge in [0, 0.05) is 0 Å². The molecular formula is C12H15O. The molecule has 0 bridgehead atoms. The molecule has 0 fully saturated rings. The summed E-state index contributed by atoms with van der Waals surface area (Å²) >= 11 is 0. The minimum atomic E-state index is 0.513. The molecule has 0 unspecified atom stereocenters. The van der Waals surface area contributed by atoms with Crippen LogP contribution in [0.15, 0.2) is 18.2 Å². The zero-order chi connectivity index (χ0) is 9.10. The quantitative estimate of drug-likeness (QED) is 0.671. The first-order valence-electron chi connectivity index (χ1n) is 4.94. The molecule has 0 saturated heterocycles. The summed E-state index contributed by atoms with van der Waals surface area (Å²) in [4.78, 5) is 0. The van der Waals surface area contributed by atoms with Crippen LogP contribution in [0.5, 0.6) is 5.75 Å². The van der Waals surface area contributed by atoms with Crippen molar-refractivity contribution in [2.24, 2.45) is 0 Å². The third-order valence-electron chi connectivity index (χ3n) is 2.59. The highest BCUT2D eigenvalue weighted by Gasteiger charge is 2.09. The monoisotopic (exact) mass is 175 g/mol. The van der Waals surface area contributed by atoms with Crippen molar-refractivity contribution in [3.63, 3.8) is 0 Å². The van der Waals surface area contributed by atoms with Crippen LogP contribution in [0.2, 0.25) is 0 Å². The van der Waals surface area contributed by atoms with E-state index in [2.05, 4.69) is 25.1 Å². The zero-order valence-corrected chi connectivity index (χ0v) is 7.88.